The van der Waals surface area contributed by atoms with Crippen LogP contribution in [0.15, 0.2) is 54.2 Å². The number of aryl methyl sites for hydroxylation is 1. The summed E-state index contributed by atoms with van der Waals surface area (Å²) in [5.74, 6) is 0.840. The lowest BCUT2D eigenvalue weighted by Gasteiger charge is -2.17. The molecule has 30 heavy (non-hydrogen) atoms. The first-order valence-corrected chi connectivity index (χ1v) is 9.91. The van der Waals surface area contributed by atoms with Gasteiger partial charge in [0.05, 0.1) is 20.3 Å². The van der Waals surface area contributed by atoms with E-state index in [1.807, 2.05) is 62.4 Å². The molecule has 0 aliphatic carbocycles. The van der Waals surface area contributed by atoms with Gasteiger partial charge < -0.3 is 20.1 Å². The van der Waals surface area contributed by atoms with Crippen LogP contribution in [0, 0.1) is 11.3 Å². The Morgan fingerprint density at radius 3 is 2.23 bits per heavy atom. The average Bonchev–Trinajstić information content (AvgIpc) is 2.78. The molecule has 6 heteroatoms. The highest BCUT2D eigenvalue weighted by molar-refractivity contribution is 5.97. The normalized spacial score (nSPS) is 13.0. The van der Waals surface area contributed by atoms with Gasteiger partial charge in [-0.15, -0.1) is 0 Å². The second-order valence-electron chi connectivity index (χ2n) is 6.96. The zero-order valence-corrected chi connectivity index (χ0v) is 18.2. The number of benzene rings is 2. The lowest BCUT2D eigenvalue weighted by molar-refractivity contribution is -0.117. The molecule has 0 bridgehead atoms. The van der Waals surface area contributed by atoms with Gasteiger partial charge in [0.15, 0.2) is 11.5 Å². The molecule has 0 radical (unpaired) electrons. The number of hydrogen-bond acceptors (Lipinski definition) is 5. The van der Waals surface area contributed by atoms with Crippen LogP contribution in [0.3, 0.4) is 0 Å². The molecule has 0 saturated heterocycles. The first kappa shape index (κ1) is 22.8. The van der Waals surface area contributed by atoms with Crippen molar-refractivity contribution in [1.29, 1.82) is 5.26 Å². The van der Waals surface area contributed by atoms with E-state index in [1.54, 1.807) is 14.2 Å². The van der Waals surface area contributed by atoms with E-state index >= 15 is 0 Å². The Bertz CT molecular complexity index is 930. The average molecular weight is 408 g/mol. The summed E-state index contributed by atoms with van der Waals surface area (Å²) in [7, 11) is 3.16. The van der Waals surface area contributed by atoms with Gasteiger partial charge in [-0.3, -0.25) is 4.79 Å². The molecule has 0 fully saturated rings. The Hall–Kier alpha value is -3.46. The topological polar surface area (TPSA) is 83.4 Å². The Labute approximate surface area is 178 Å². The summed E-state index contributed by atoms with van der Waals surface area (Å²) in [5.41, 5.74) is 3.18. The van der Waals surface area contributed by atoms with Gasteiger partial charge in [0.2, 0.25) is 0 Å². The van der Waals surface area contributed by atoms with Crippen LogP contribution in [0.2, 0.25) is 0 Å². The molecule has 0 aromatic heterocycles. The molecule has 2 atom stereocenters. The van der Waals surface area contributed by atoms with Crippen molar-refractivity contribution in [1.82, 2.24) is 10.6 Å². The number of amides is 1. The molecule has 0 saturated carbocycles. The number of nitrogens with zero attached hydrogens (tertiary/aromatic N) is 1. The molecule has 158 valence electrons. The van der Waals surface area contributed by atoms with Crippen LogP contribution in [-0.4, -0.2) is 20.1 Å². The zero-order valence-electron chi connectivity index (χ0n) is 18.2. The van der Waals surface area contributed by atoms with Crippen LogP contribution in [0.1, 0.15) is 49.5 Å². The summed E-state index contributed by atoms with van der Waals surface area (Å²) in [6.45, 7) is 5.93. The standard InChI is InChI=1S/C24H29N3O3/c1-6-18-7-9-19(10-8-18)17(3)27-24(28)21(14-25)15-26-16(2)20-11-12-22(29-4)23(13-20)30-5/h7-13,15-17,26H,6H2,1-5H3,(H,27,28)/b21-15-. The number of hydrogen-bond donors (Lipinski definition) is 2. The van der Waals surface area contributed by atoms with E-state index < -0.39 is 5.91 Å². The summed E-state index contributed by atoms with van der Waals surface area (Å²) < 4.78 is 10.6. The van der Waals surface area contributed by atoms with Crippen molar-refractivity contribution in [3.8, 4) is 17.6 Å². The molecule has 0 spiro atoms. The van der Waals surface area contributed by atoms with E-state index in [-0.39, 0.29) is 17.7 Å². The van der Waals surface area contributed by atoms with Gasteiger partial charge in [-0.1, -0.05) is 37.3 Å². The number of nitriles is 1. The second-order valence-corrected chi connectivity index (χ2v) is 6.96. The van der Waals surface area contributed by atoms with Gasteiger partial charge in [0.1, 0.15) is 11.6 Å². The SMILES string of the molecule is CCc1ccc(C(C)NC(=O)/C(C#N)=C\NC(C)c2ccc(OC)c(OC)c2)cc1. The van der Waals surface area contributed by atoms with Crippen molar-refractivity contribution in [2.75, 3.05) is 14.2 Å². The number of carbonyl (C=O) groups is 1. The smallest absolute Gasteiger partial charge is 0.263 e. The number of carbonyl (C=O) groups excluding carboxylic acids is 1. The molecule has 0 aliphatic rings. The fourth-order valence-corrected chi connectivity index (χ4v) is 2.98. The van der Waals surface area contributed by atoms with Gasteiger partial charge in [0, 0.05) is 12.2 Å². The van der Waals surface area contributed by atoms with Crippen LogP contribution < -0.4 is 20.1 Å². The van der Waals surface area contributed by atoms with Crippen molar-refractivity contribution in [2.45, 2.75) is 39.3 Å². The van der Waals surface area contributed by atoms with Crippen LogP contribution >= 0.6 is 0 Å². The Balaban J connectivity index is 2.05. The summed E-state index contributed by atoms with van der Waals surface area (Å²) in [6, 6.07) is 15.3. The summed E-state index contributed by atoms with van der Waals surface area (Å²) >= 11 is 0. The first-order valence-electron chi connectivity index (χ1n) is 9.91. The van der Waals surface area contributed by atoms with E-state index in [0.717, 1.165) is 17.5 Å². The van der Waals surface area contributed by atoms with Crippen LogP contribution in [-0.2, 0) is 11.2 Å². The third-order valence-electron chi connectivity index (χ3n) is 4.99. The van der Waals surface area contributed by atoms with Crippen molar-refractivity contribution in [3.63, 3.8) is 0 Å². The van der Waals surface area contributed by atoms with Crippen molar-refractivity contribution in [3.05, 3.63) is 70.9 Å². The highest BCUT2D eigenvalue weighted by atomic mass is 16.5. The predicted octanol–water partition coefficient (Wildman–Crippen LogP) is 4.20. The summed E-state index contributed by atoms with van der Waals surface area (Å²) in [4.78, 5) is 12.5. The van der Waals surface area contributed by atoms with Gasteiger partial charge in [-0.05, 0) is 49.1 Å². The quantitative estimate of drug-likeness (QED) is 0.481. The predicted molar refractivity (Wildman–Crippen MR) is 117 cm³/mol. The molecule has 0 aliphatic heterocycles. The molecular weight excluding hydrogens is 378 g/mol. The van der Waals surface area contributed by atoms with Crippen LogP contribution in [0.4, 0.5) is 0 Å². The van der Waals surface area contributed by atoms with Gasteiger partial charge >= 0.3 is 0 Å². The highest BCUT2D eigenvalue weighted by Gasteiger charge is 2.15. The minimum atomic E-state index is -0.420. The Morgan fingerprint density at radius 2 is 1.67 bits per heavy atom. The van der Waals surface area contributed by atoms with E-state index in [4.69, 9.17) is 9.47 Å². The van der Waals surface area contributed by atoms with Gasteiger partial charge in [-0.25, -0.2) is 0 Å². The lowest BCUT2D eigenvalue weighted by Crippen LogP contribution is -2.28. The molecule has 2 N–H and O–H groups in total. The summed E-state index contributed by atoms with van der Waals surface area (Å²) in [6.07, 6.45) is 2.41. The Kier molecular flexibility index (Phi) is 8.30. The van der Waals surface area contributed by atoms with E-state index in [1.165, 1.54) is 11.8 Å². The number of rotatable bonds is 9. The molecule has 0 heterocycles. The summed E-state index contributed by atoms with van der Waals surface area (Å²) in [5, 5.41) is 15.4. The van der Waals surface area contributed by atoms with Crippen molar-refractivity contribution >= 4 is 5.91 Å². The van der Waals surface area contributed by atoms with E-state index in [9.17, 15) is 10.1 Å². The van der Waals surface area contributed by atoms with Crippen LogP contribution in [0.5, 0.6) is 11.5 Å². The lowest BCUT2D eigenvalue weighted by atomic mass is 10.0. The molecule has 1 amide bonds. The van der Waals surface area contributed by atoms with Crippen molar-refractivity contribution < 1.29 is 14.3 Å². The first-order chi connectivity index (χ1) is 14.4. The molecule has 6 nitrogen and oxygen atoms in total. The third kappa shape index (κ3) is 5.77. The Morgan fingerprint density at radius 1 is 1.03 bits per heavy atom. The van der Waals surface area contributed by atoms with Gasteiger partial charge in [-0.2, -0.15) is 5.26 Å². The monoisotopic (exact) mass is 407 g/mol. The largest absolute Gasteiger partial charge is 0.493 e. The second kappa shape index (κ2) is 10.9. The molecule has 2 rings (SSSR count). The minimum absolute atomic E-state index is 0.0133. The molecule has 2 unspecified atom stereocenters. The third-order valence-corrected chi connectivity index (χ3v) is 4.99. The molecule has 2 aromatic carbocycles. The number of ether oxygens (including phenoxy) is 2. The highest BCUT2D eigenvalue weighted by Crippen LogP contribution is 2.29. The minimum Gasteiger partial charge on any atom is -0.493 e. The fraction of sp³-hybridized carbons (Fsp3) is 0.333. The fourth-order valence-electron chi connectivity index (χ4n) is 2.98. The van der Waals surface area contributed by atoms with E-state index in [2.05, 4.69) is 17.6 Å². The molecule has 2 aromatic rings. The van der Waals surface area contributed by atoms with Gasteiger partial charge in [0.25, 0.3) is 5.91 Å². The molecular formula is C24H29N3O3. The zero-order chi connectivity index (χ0) is 22.1. The number of methoxy groups -OCH3 is 2. The maximum absolute atomic E-state index is 12.5. The maximum Gasteiger partial charge on any atom is 0.263 e. The number of nitrogens with one attached hydrogen (secondary N) is 2. The van der Waals surface area contributed by atoms with Crippen LogP contribution in [0.25, 0.3) is 0 Å². The van der Waals surface area contributed by atoms with Crippen molar-refractivity contribution in [2.24, 2.45) is 0 Å². The van der Waals surface area contributed by atoms with E-state index in [0.29, 0.717) is 11.5 Å². The maximum atomic E-state index is 12.5.